The second kappa shape index (κ2) is 15.3. The van der Waals surface area contributed by atoms with Gasteiger partial charge in [0.15, 0.2) is 0 Å². The van der Waals surface area contributed by atoms with Gasteiger partial charge in [0.2, 0.25) is 5.91 Å². The Balaban J connectivity index is 1.15. The second-order valence-corrected chi connectivity index (χ2v) is 15.3. The van der Waals surface area contributed by atoms with Gasteiger partial charge in [-0.3, -0.25) is 9.69 Å². The number of anilines is 1. The van der Waals surface area contributed by atoms with E-state index < -0.39 is 18.3 Å². The number of aliphatic imine (C=N–C) groups is 1. The third-order valence-corrected chi connectivity index (χ3v) is 11.5. The molecule has 1 saturated heterocycles. The molecule has 2 aliphatic rings. The minimum Gasteiger partial charge on any atom is -0.370 e. The van der Waals surface area contributed by atoms with Crippen molar-refractivity contribution in [1.82, 2.24) is 19.8 Å². The average molecular weight is 744 g/mol. The molecule has 0 radical (unpaired) electrons. The number of piperidine rings is 1. The second-order valence-electron chi connectivity index (χ2n) is 14.2. The van der Waals surface area contributed by atoms with Crippen molar-refractivity contribution in [3.8, 4) is 6.07 Å². The number of nitrogens with one attached hydrogen (secondary N) is 2. The Hall–Kier alpha value is -4.77. The van der Waals surface area contributed by atoms with Crippen LogP contribution in [0, 0.1) is 18.3 Å². The highest BCUT2D eigenvalue weighted by Gasteiger charge is 2.46. The van der Waals surface area contributed by atoms with E-state index in [1.165, 1.54) is 17.4 Å². The largest absolute Gasteiger partial charge is 0.393 e. The summed E-state index contributed by atoms with van der Waals surface area (Å²) in [6, 6.07) is 13.7. The number of amides is 1. The molecule has 278 valence electrons. The maximum atomic E-state index is 13.2. The van der Waals surface area contributed by atoms with E-state index in [1.807, 2.05) is 32.0 Å². The zero-order valence-corrected chi connectivity index (χ0v) is 31.2. The zero-order chi connectivity index (χ0) is 38.1. The zero-order valence-electron chi connectivity index (χ0n) is 30.3. The quantitative estimate of drug-likeness (QED) is 0.129. The summed E-state index contributed by atoms with van der Waals surface area (Å²) in [7, 11) is 0. The smallest absolute Gasteiger partial charge is 0.370 e. The monoisotopic (exact) mass is 743 g/mol. The predicted octanol–water partition coefficient (Wildman–Crippen LogP) is 6.33. The molecule has 0 bridgehead atoms. The van der Waals surface area contributed by atoms with Crippen molar-refractivity contribution in [3.05, 3.63) is 92.3 Å². The van der Waals surface area contributed by atoms with Crippen molar-refractivity contribution >= 4 is 51.6 Å². The summed E-state index contributed by atoms with van der Waals surface area (Å²) in [5.41, 5.74) is 4.09. The molecule has 4 aromatic rings. The number of alkyl halides is 3. The Labute approximate surface area is 310 Å². The summed E-state index contributed by atoms with van der Waals surface area (Å²) in [5.74, 6) is 0.704. The molecule has 0 spiro atoms. The molecular weight excluding hydrogens is 700 g/mol. The lowest BCUT2D eigenvalue weighted by molar-refractivity contribution is -0.126. The molecule has 1 saturated carbocycles. The highest BCUT2D eigenvalue weighted by Crippen LogP contribution is 2.50. The number of aliphatic hydroxyl groups is 1. The van der Waals surface area contributed by atoms with Gasteiger partial charge in [0.1, 0.15) is 29.1 Å². The molecule has 0 unspecified atom stereocenters. The fourth-order valence-electron chi connectivity index (χ4n) is 7.52. The summed E-state index contributed by atoms with van der Waals surface area (Å²) < 4.78 is 42.2. The number of hydrogen-bond donors (Lipinski definition) is 3. The van der Waals surface area contributed by atoms with Crippen molar-refractivity contribution in [2.24, 2.45) is 4.99 Å². The third kappa shape index (κ3) is 8.25. The summed E-state index contributed by atoms with van der Waals surface area (Å²) in [6.45, 7) is 13.5. The standard InChI is InChI=1S/C40H44F3N7O2S/c1-6-36(51)48-35-16-26(10-13-46-35)28-19-39(52,20-28)50-30(22-44)17-32-25(5)27(8-9-34(32)50)23-49-14-11-29(12-15-49)47-38(45-7-2)33-18-31(21-40(41,42)43)53-37(33)24(3)4/h6-10,13,16-18,28-29,47,52H,1,11-12,14-15,19-21,23H2,2-5H3,(H,46,48,51)/b38-33+,45-7-. The van der Waals surface area contributed by atoms with E-state index >= 15 is 0 Å². The minimum absolute atomic E-state index is 0.0277. The van der Waals surface area contributed by atoms with Gasteiger partial charge < -0.3 is 20.3 Å². The maximum Gasteiger partial charge on any atom is 0.393 e. The number of benzene rings is 1. The molecule has 1 aliphatic carbocycles. The number of nitrogens with zero attached hydrogens (tertiary/aromatic N) is 5. The van der Waals surface area contributed by atoms with E-state index in [0.29, 0.717) is 35.4 Å². The number of rotatable bonds is 10. The Kier molecular flexibility index (Phi) is 11.0. The number of carbonyl (C=O) groups excluding carboxylic acids is 1. The minimum atomic E-state index is -4.28. The maximum absolute atomic E-state index is 13.2. The number of carbonyl (C=O) groups is 1. The summed E-state index contributed by atoms with van der Waals surface area (Å²) in [4.78, 5) is 23.2. The number of aryl methyl sites for hydroxylation is 1. The van der Waals surface area contributed by atoms with Crippen LogP contribution in [-0.2, 0) is 23.5 Å². The van der Waals surface area contributed by atoms with Gasteiger partial charge in [-0.1, -0.05) is 18.2 Å². The van der Waals surface area contributed by atoms with Crippen LogP contribution >= 0.6 is 11.3 Å². The molecule has 4 heterocycles. The topological polar surface area (TPSA) is 119 Å². The number of thiophene rings is 1. The molecule has 13 heteroatoms. The molecule has 53 heavy (non-hydrogen) atoms. The van der Waals surface area contributed by atoms with Crippen LogP contribution in [0.2, 0.25) is 0 Å². The van der Waals surface area contributed by atoms with Crippen molar-refractivity contribution in [2.45, 2.75) is 90.2 Å². The van der Waals surface area contributed by atoms with Gasteiger partial charge in [0.25, 0.3) is 0 Å². The summed E-state index contributed by atoms with van der Waals surface area (Å²) in [5, 5.41) is 29.8. The molecular formula is C40H44F3N7O2S. The first-order chi connectivity index (χ1) is 25.2. The fraction of sp³-hybridized carbons (Fsp3) is 0.400. The van der Waals surface area contributed by atoms with Crippen LogP contribution < -0.4 is 20.4 Å². The van der Waals surface area contributed by atoms with Gasteiger partial charge in [-0.15, -0.1) is 11.3 Å². The van der Waals surface area contributed by atoms with E-state index in [9.17, 15) is 28.3 Å². The van der Waals surface area contributed by atoms with Gasteiger partial charge in [0, 0.05) is 70.9 Å². The Morgan fingerprint density at radius 3 is 2.58 bits per heavy atom. The average Bonchev–Trinajstić information content (AvgIpc) is 3.70. The number of pyridine rings is 1. The van der Waals surface area contributed by atoms with E-state index in [1.54, 1.807) is 36.0 Å². The number of fused-ring (bicyclic) bond motifs is 1. The number of halogens is 3. The van der Waals surface area contributed by atoms with Crippen LogP contribution in [0.1, 0.15) is 79.6 Å². The highest BCUT2D eigenvalue weighted by atomic mass is 32.1. The lowest BCUT2D eigenvalue weighted by Crippen LogP contribution is -2.45. The van der Waals surface area contributed by atoms with Crippen LogP contribution in [0.3, 0.4) is 0 Å². The lowest BCUT2D eigenvalue weighted by Gasteiger charge is -2.45. The van der Waals surface area contributed by atoms with Gasteiger partial charge in [-0.25, -0.2) is 9.98 Å². The number of likely N-dealkylation sites (tertiary alicyclic amines) is 1. The van der Waals surface area contributed by atoms with Crippen LogP contribution in [0.25, 0.3) is 22.3 Å². The van der Waals surface area contributed by atoms with Crippen molar-refractivity contribution in [2.75, 3.05) is 18.4 Å². The van der Waals surface area contributed by atoms with Crippen molar-refractivity contribution in [1.29, 1.82) is 5.26 Å². The normalized spacial score (nSPS) is 20.2. The van der Waals surface area contributed by atoms with Crippen LogP contribution in [0.4, 0.5) is 19.0 Å². The molecule has 6 rings (SSSR count). The van der Waals surface area contributed by atoms with Crippen molar-refractivity contribution in [3.63, 3.8) is 0 Å². The van der Waals surface area contributed by atoms with Crippen LogP contribution in [0.15, 0.2) is 60.2 Å². The van der Waals surface area contributed by atoms with Crippen LogP contribution in [-0.4, -0.2) is 57.0 Å². The first kappa shape index (κ1) is 38.0. The van der Waals surface area contributed by atoms with Gasteiger partial charge in [-0.05, 0) is 99.6 Å². The van der Waals surface area contributed by atoms with Gasteiger partial charge in [0.05, 0.1) is 11.9 Å². The molecule has 1 amide bonds. The van der Waals surface area contributed by atoms with Gasteiger partial charge in [-0.2, -0.15) is 18.4 Å². The molecule has 0 atom stereocenters. The van der Waals surface area contributed by atoms with Gasteiger partial charge >= 0.3 is 6.18 Å². The highest BCUT2D eigenvalue weighted by molar-refractivity contribution is 7.09. The summed E-state index contributed by atoms with van der Waals surface area (Å²) >= 11 is 1.18. The Bertz CT molecular complexity index is 2230. The lowest BCUT2D eigenvalue weighted by atomic mass is 9.72. The molecule has 2 fully saturated rings. The van der Waals surface area contributed by atoms with E-state index in [4.69, 9.17) is 0 Å². The fourth-order valence-corrected chi connectivity index (χ4v) is 8.67. The van der Waals surface area contributed by atoms with E-state index in [2.05, 4.69) is 51.1 Å². The molecule has 9 nitrogen and oxygen atoms in total. The van der Waals surface area contributed by atoms with E-state index in [0.717, 1.165) is 70.2 Å². The van der Waals surface area contributed by atoms with Crippen LogP contribution in [0.5, 0.6) is 0 Å². The number of nitriles is 1. The molecule has 1 aromatic carbocycles. The third-order valence-electron chi connectivity index (χ3n) is 10.2. The molecule has 3 aromatic heterocycles. The van der Waals surface area contributed by atoms with Crippen molar-refractivity contribution < 1.29 is 23.1 Å². The molecule has 3 N–H and O–H groups in total. The predicted molar refractivity (Wildman–Crippen MR) is 204 cm³/mol. The first-order valence-corrected chi connectivity index (χ1v) is 18.5. The number of hydrogen-bond acceptors (Lipinski definition) is 8. The summed E-state index contributed by atoms with van der Waals surface area (Å²) in [6.07, 6.45) is 1.76. The SMILES string of the molecule is C=CC(=O)Nc1cc(C2CC(O)(n3c(C#N)cc4c(C)c(CN5CCC(NC(/N=C\C)=c6\cc(CC(F)(F)F)sc6=C(C)C)CC5)ccc43)C2)ccn1. The van der Waals surface area contributed by atoms with E-state index in [-0.39, 0.29) is 22.7 Å². The molecule has 1 aliphatic heterocycles. The Morgan fingerprint density at radius 2 is 1.94 bits per heavy atom. The first-order valence-electron chi connectivity index (χ1n) is 17.7. The number of aromatic nitrogens is 2. The Morgan fingerprint density at radius 1 is 1.21 bits per heavy atom.